The first-order valence-electron chi connectivity index (χ1n) is 9.15. The Morgan fingerprint density at radius 3 is 2.65 bits per heavy atom. The molecular weight excluding hydrogens is 328 g/mol. The minimum Gasteiger partial charge on any atom is -0.491 e. The molecule has 1 amide bonds. The Hall–Kier alpha value is -2.53. The Morgan fingerprint density at radius 2 is 1.85 bits per heavy atom. The van der Waals surface area contributed by atoms with Crippen LogP contribution in [0.25, 0.3) is 0 Å². The summed E-state index contributed by atoms with van der Waals surface area (Å²) in [7, 11) is 1.63. The van der Waals surface area contributed by atoms with E-state index in [1.54, 1.807) is 19.2 Å². The summed E-state index contributed by atoms with van der Waals surface area (Å²) in [6, 6.07) is 15.2. The summed E-state index contributed by atoms with van der Waals surface area (Å²) in [6.07, 6.45) is 3.67. The van der Waals surface area contributed by atoms with Gasteiger partial charge in [0.15, 0.2) is 0 Å². The summed E-state index contributed by atoms with van der Waals surface area (Å²) in [5, 5.41) is 3.06. The van der Waals surface area contributed by atoms with Gasteiger partial charge in [-0.3, -0.25) is 4.79 Å². The largest absolute Gasteiger partial charge is 0.491 e. The van der Waals surface area contributed by atoms with E-state index in [0.717, 1.165) is 24.5 Å². The van der Waals surface area contributed by atoms with Crippen LogP contribution in [0.5, 0.6) is 5.75 Å². The number of anilines is 2. The summed E-state index contributed by atoms with van der Waals surface area (Å²) in [5.41, 5.74) is 2.52. The molecule has 0 saturated carbocycles. The molecular formula is C21H26N2O3. The van der Waals surface area contributed by atoms with Crippen LogP contribution in [0.3, 0.4) is 0 Å². The second-order valence-electron chi connectivity index (χ2n) is 6.39. The Kier molecular flexibility index (Phi) is 6.50. The van der Waals surface area contributed by atoms with E-state index >= 15 is 0 Å². The van der Waals surface area contributed by atoms with Gasteiger partial charge in [0, 0.05) is 25.8 Å². The molecule has 1 saturated heterocycles. The predicted molar refractivity (Wildman–Crippen MR) is 104 cm³/mol. The summed E-state index contributed by atoms with van der Waals surface area (Å²) in [6.45, 7) is 3.05. The second-order valence-corrected chi connectivity index (χ2v) is 6.39. The third-order valence-corrected chi connectivity index (χ3v) is 4.50. The van der Waals surface area contributed by atoms with Crippen LogP contribution in [0.1, 0.15) is 29.6 Å². The third kappa shape index (κ3) is 4.76. The molecule has 2 aromatic carbocycles. The number of piperidine rings is 1. The van der Waals surface area contributed by atoms with Crippen molar-refractivity contribution in [3.63, 3.8) is 0 Å². The summed E-state index contributed by atoms with van der Waals surface area (Å²) in [5.74, 6) is 0.533. The number of benzene rings is 2. The molecule has 1 fully saturated rings. The molecule has 1 aliphatic rings. The second kappa shape index (κ2) is 9.25. The van der Waals surface area contributed by atoms with Gasteiger partial charge in [0.05, 0.1) is 18.0 Å². The zero-order valence-electron chi connectivity index (χ0n) is 15.2. The fourth-order valence-corrected chi connectivity index (χ4v) is 3.15. The molecule has 1 heterocycles. The number of nitrogens with one attached hydrogen (secondary N) is 1. The molecule has 0 aliphatic carbocycles. The van der Waals surface area contributed by atoms with Gasteiger partial charge in [0.1, 0.15) is 12.4 Å². The highest BCUT2D eigenvalue weighted by Gasteiger charge is 2.16. The van der Waals surface area contributed by atoms with Crippen molar-refractivity contribution in [1.29, 1.82) is 0 Å². The molecule has 138 valence electrons. The molecule has 1 aliphatic heterocycles. The van der Waals surface area contributed by atoms with Gasteiger partial charge in [0.2, 0.25) is 0 Å². The highest BCUT2D eigenvalue weighted by atomic mass is 16.5. The number of carbonyl (C=O) groups excluding carboxylic acids is 1. The van der Waals surface area contributed by atoms with Crippen LogP contribution in [-0.2, 0) is 4.74 Å². The molecule has 0 spiro atoms. The van der Waals surface area contributed by atoms with Crippen LogP contribution in [0.4, 0.5) is 11.4 Å². The molecule has 0 bridgehead atoms. The van der Waals surface area contributed by atoms with E-state index in [1.807, 2.05) is 30.3 Å². The van der Waals surface area contributed by atoms with Crippen molar-refractivity contribution in [2.75, 3.05) is 43.6 Å². The standard InChI is InChI=1S/C21H26N2O3/c1-25-14-15-26-18-9-7-8-17(16-18)21(24)22-19-10-3-4-11-20(19)23-12-5-2-6-13-23/h3-4,7-11,16H,2,5-6,12-15H2,1H3,(H,22,24). The molecule has 3 rings (SSSR count). The lowest BCUT2D eigenvalue weighted by Crippen LogP contribution is -2.30. The van der Waals surface area contributed by atoms with Gasteiger partial charge in [-0.1, -0.05) is 18.2 Å². The number of nitrogens with zero attached hydrogens (tertiary/aromatic N) is 1. The first-order valence-corrected chi connectivity index (χ1v) is 9.15. The average molecular weight is 354 g/mol. The number of ether oxygens (including phenoxy) is 2. The van der Waals surface area contributed by atoms with E-state index in [1.165, 1.54) is 19.3 Å². The summed E-state index contributed by atoms with van der Waals surface area (Å²) in [4.78, 5) is 15.1. The maximum Gasteiger partial charge on any atom is 0.255 e. The number of hydrogen-bond acceptors (Lipinski definition) is 4. The molecule has 0 atom stereocenters. The first-order chi connectivity index (χ1) is 12.8. The summed E-state index contributed by atoms with van der Waals surface area (Å²) < 4.78 is 10.6. The minimum atomic E-state index is -0.133. The molecule has 0 aromatic heterocycles. The van der Waals surface area contributed by atoms with E-state index in [0.29, 0.717) is 24.5 Å². The van der Waals surface area contributed by atoms with Crippen LogP contribution in [0.15, 0.2) is 48.5 Å². The van der Waals surface area contributed by atoms with Crippen molar-refractivity contribution in [2.24, 2.45) is 0 Å². The van der Waals surface area contributed by atoms with Crippen LogP contribution >= 0.6 is 0 Å². The van der Waals surface area contributed by atoms with E-state index in [4.69, 9.17) is 9.47 Å². The van der Waals surface area contributed by atoms with E-state index in [-0.39, 0.29) is 5.91 Å². The Bertz CT molecular complexity index is 727. The number of rotatable bonds is 7. The lowest BCUT2D eigenvalue weighted by molar-refractivity contribution is 0.102. The van der Waals surface area contributed by atoms with Crippen molar-refractivity contribution in [2.45, 2.75) is 19.3 Å². The van der Waals surface area contributed by atoms with Gasteiger partial charge in [0.25, 0.3) is 5.91 Å². The van der Waals surface area contributed by atoms with Crippen molar-refractivity contribution in [1.82, 2.24) is 0 Å². The van der Waals surface area contributed by atoms with Crippen LogP contribution < -0.4 is 15.0 Å². The highest BCUT2D eigenvalue weighted by Crippen LogP contribution is 2.28. The lowest BCUT2D eigenvalue weighted by atomic mass is 10.1. The molecule has 0 radical (unpaired) electrons. The Balaban J connectivity index is 1.71. The quantitative estimate of drug-likeness (QED) is 0.765. The van der Waals surface area contributed by atoms with Crippen molar-refractivity contribution in [3.05, 3.63) is 54.1 Å². The zero-order chi connectivity index (χ0) is 18.2. The van der Waals surface area contributed by atoms with Crippen molar-refractivity contribution < 1.29 is 14.3 Å². The van der Waals surface area contributed by atoms with Crippen molar-refractivity contribution >= 4 is 17.3 Å². The van der Waals surface area contributed by atoms with E-state index < -0.39 is 0 Å². The van der Waals surface area contributed by atoms with E-state index in [2.05, 4.69) is 16.3 Å². The SMILES string of the molecule is COCCOc1cccc(C(=O)Nc2ccccc2N2CCCCC2)c1. The predicted octanol–water partition coefficient (Wildman–Crippen LogP) is 3.95. The number of methoxy groups -OCH3 is 1. The molecule has 2 aromatic rings. The van der Waals surface area contributed by atoms with Crippen molar-refractivity contribution in [3.8, 4) is 5.75 Å². The van der Waals surface area contributed by atoms with Gasteiger partial charge in [-0.15, -0.1) is 0 Å². The lowest BCUT2D eigenvalue weighted by Gasteiger charge is -2.30. The van der Waals surface area contributed by atoms with Gasteiger partial charge in [-0.05, 0) is 49.6 Å². The topological polar surface area (TPSA) is 50.8 Å². The first kappa shape index (κ1) is 18.3. The molecule has 26 heavy (non-hydrogen) atoms. The fraction of sp³-hybridized carbons (Fsp3) is 0.381. The van der Waals surface area contributed by atoms with Gasteiger partial charge in [-0.2, -0.15) is 0 Å². The third-order valence-electron chi connectivity index (χ3n) is 4.50. The van der Waals surface area contributed by atoms with Crippen LogP contribution in [-0.4, -0.2) is 39.3 Å². The Labute approximate surface area is 154 Å². The normalized spacial score (nSPS) is 14.1. The molecule has 5 nitrogen and oxygen atoms in total. The monoisotopic (exact) mass is 354 g/mol. The zero-order valence-corrected chi connectivity index (χ0v) is 15.2. The Morgan fingerprint density at radius 1 is 1.04 bits per heavy atom. The smallest absolute Gasteiger partial charge is 0.255 e. The average Bonchev–Trinajstić information content (AvgIpc) is 2.69. The molecule has 1 N–H and O–H groups in total. The van der Waals surface area contributed by atoms with Crippen LogP contribution in [0, 0.1) is 0 Å². The van der Waals surface area contributed by atoms with Crippen LogP contribution in [0.2, 0.25) is 0 Å². The van der Waals surface area contributed by atoms with E-state index in [9.17, 15) is 4.79 Å². The number of hydrogen-bond donors (Lipinski definition) is 1. The van der Waals surface area contributed by atoms with Gasteiger partial charge in [-0.25, -0.2) is 0 Å². The molecule has 5 heteroatoms. The number of amides is 1. The van der Waals surface area contributed by atoms with Gasteiger partial charge >= 0.3 is 0 Å². The maximum absolute atomic E-state index is 12.7. The molecule has 0 unspecified atom stereocenters. The van der Waals surface area contributed by atoms with Gasteiger partial charge < -0.3 is 19.7 Å². The highest BCUT2D eigenvalue weighted by molar-refractivity contribution is 6.06. The summed E-state index contributed by atoms with van der Waals surface area (Å²) >= 11 is 0. The number of para-hydroxylation sites is 2. The number of carbonyl (C=O) groups is 1. The maximum atomic E-state index is 12.7. The fourth-order valence-electron chi connectivity index (χ4n) is 3.15. The minimum absolute atomic E-state index is 0.133.